The Morgan fingerprint density at radius 3 is 1.80 bits per heavy atom. The van der Waals surface area contributed by atoms with Crippen molar-refractivity contribution in [3.63, 3.8) is 0 Å². The van der Waals surface area contributed by atoms with Crippen LogP contribution in [0.2, 0.25) is 0 Å². The second kappa shape index (κ2) is 2.14. The van der Waals surface area contributed by atoms with E-state index >= 15 is 0 Å². The van der Waals surface area contributed by atoms with Crippen molar-refractivity contribution >= 4 is 7.41 Å². The molecule has 0 unspecified atom stereocenters. The molecular formula is CH3BF2N. The maximum absolute atomic E-state index is 10.6. The summed E-state index contributed by atoms with van der Waals surface area (Å²) < 4.78 is 21.2. The van der Waals surface area contributed by atoms with Crippen LogP contribution in [0.4, 0.5) is 8.78 Å². The quantitative estimate of drug-likeness (QED) is 0.431. The predicted molar refractivity (Wildman–Crippen MR) is 15.9 cm³/mol. The Labute approximate surface area is 29.4 Å². The standard InChI is InChI=1S/CH3BF2N/c3-1(4)2-5/h1H,5H2. The first-order chi connectivity index (χ1) is 2.27. The van der Waals surface area contributed by atoms with Gasteiger partial charge in [-0.3, -0.25) is 0 Å². The Morgan fingerprint density at radius 1 is 1.60 bits per heavy atom. The molecule has 0 bridgehead atoms. The van der Waals surface area contributed by atoms with Crippen molar-refractivity contribution in [3.8, 4) is 0 Å². The van der Waals surface area contributed by atoms with Gasteiger partial charge in [-0.15, -0.1) is 0 Å². The van der Waals surface area contributed by atoms with E-state index in [4.69, 9.17) is 0 Å². The van der Waals surface area contributed by atoms with Crippen molar-refractivity contribution in [1.29, 1.82) is 0 Å². The molecule has 2 N–H and O–H groups in total. The zero-order valence-corrected chi connectivity index (χ0v) is 2.49. The number of hydrogen-bond acceptors (Lipinski definition) is 1. The van der Waals surface area contributed by atoms with Crippen molar-refractivity contribution in [2.45, 2.75) is 6.32 Å². The van der Waals surface area contributed by atoms with E-state index in [1.807, 2.05) is 0 Å². The normalized spacial score (nSPS) is 8.80. The number of rotatable bonds is 1. The summed E-state index contributed by atoms with van der Waals surface area (Å²) in [6.45, 7) is 0. The molecule has 1 radical (unpaired) electrons. The smallest absolute Gasteiger partial charge is 0.291 e. The monoisotopic (exact) mass is 78.0 g/mol. The van der Waals surface area contributed by atoms with E-state index in [0.717, 1.165) is 0 Å². The highest BCUT2D eigenvalue weighted by Crippen LogP contribution is 1.80. The minimum absolute atomic E-state index is 0.333. The topological polar surface area (TPSA) is 26.0 Å². The molecule has 0 saturated heterocycles. The maximum atomic E-state index is 10.6. The molecule has 0 aromatic heterocycles. The Bertz CT molecular complexity index is 23.6. The highest BCUT2D eigenvalue weighted by atomic mass is 19.3. The van der Waals surface area contributed by atoms with Gasteiger partial charge in [0.15, 0.2) is 0 Å². The van der Waals surface area contributed by atoms with Crippen molar-refractivity contribution in [1.82, 2.24) is 0 Å². The van der Waals surface area contributed by atoms with Gasteiger partial charge in [-0.25, -0.2) is 8.78 Å². The van der Waals surface area contributed by atoms with Crippen molar-refractivity contribution in [2.24, 2.45) is 5.64 Å². The van der Waals surface area contributed by atoms with E-state index in [2.05, 4.69) is 5.64 Å². The van der Waals surface area contributed by atoms with Crippen LogP contribution in [0.15, 0.2) is 0 Å². The molecule has 4 heteroatoms. The molecule has 0 rings (SSSR count). The average Bonchev–Trinajstić information content (AvgIpc) is 1.38. The second-order valence-corrected chi connectivity index (χ2v) is 0.527. The molecule has 0 saturated carbocycles. The van der Waals surface area contributed by atoms with Gasteiger partial charge >= 0.3 is 0 Å². The summed E-state index contributed by atoms with van der Waals surface area (Å²) in [5, 5.41) is 0. The molecule has 0 aromatic rings. The largest absolute Gasteiger partial charge is 0.369 e. The number of nitrogens with two attached hydrogens (primary N) is 1. The van der Waals surface area contributed by atoms with Crippen LogP contribution in [0.5, 0.6) is 0 Å². The molecule has 0 aliphatic heterocycles. The molecular weight excluding hydrogens is 74.8 g/mol. The molecule has 29 valence electrons. The molecule has 0 heterocycles. The lowest BCUT2D eigenvalue weighted by molar-refractivity contribution is 0.238. The molecule has 0 amide bonds. The molecule has 1 nitrogen and oxygen atoms in total. The Balaban J connectivity index is 2.54. The first kappa shape index (κ1) is 4.88. The van der Waals surface area contributed by atoms with Crippen LogP contribution in [-0.2, 0) is 0 Å². The van der Waals surface area contributed by atoms with Crippen LogP contribution in [0.1, 0.15) is 0 Å². The van der Waals surface area contributed by atoms with Gasteiger partial charge in [-0.2, -0.15) is 0 Å². The van der Waals surface area contributed by atoms with E-state index in [0.29, 0.717) is 7.41 Å². The lowest BCUT2D eigenvalue weighted by Gasteiger charge is -1.79. The summed E-state index contributed by atoms with van der Waals surface area (Å²) in [6, 6.07) is 0. The molecule has 0 fully saturated rings. The Kier molecular flexibility index (Phi) is 2.09. The van der Waals surface area contributed by atoms with Crippen molar-refractivity contribution in [3.05, 3.63) is 0 Å². The van der Waals surface area contributed by atoms with Gasteiger partial charge in [0, 0.05) is 0 Å². The van der Waals surface area contributed by atoms with Crippen LogP contribution in [0.3, 0.4) is 0 Å². The lowest BCUT2D eigenvalue weighted by Crippen LogP contribution is -2.14. The third-order valence-corrected chi connectivity index (χ3v) is 0.145. The minimum atomic E-state index is -2.46. The average molecular weight is 77.9 g/mol. The molecule has 5 heavy (non-hydrogen) atoms. The zero-order chi connectivity index (χ0) is 4.28. The maximum Gasteiger partial charge on any atom is 0.291 e. The van der Waals surface area contributed by atoms with E-state index in [1.165, 1.54) is 0 Å². The third kappa shape index (κ3) is 3.88. The molecule has 0 aromatic carbocycles. The van der Waals surface area contributed by atoms with Gasteiger partial charge in [0.2, 0.25) is 6.32 Å². The predicted octanol–water partition coefficient (Wildman–Crippen LogP) is -0.213. The summed E-state index contributed by atoms with van der Waals surface area (Å²) in [4.78, 5) is 0. The Hall–Kier alpha value is -0.115. The molecule has 0 atom stereocenters. The summed E-state index contributed by atoms with van der Waals surface area (Å²) in [6.07, 6.45) is -2.46. The van der Waals surface area contributed by atoms with Crippen LogP contribution in [-0.4, -0.2) is 13.7 Å². The highest BCUT2D eigenvalue weighted by Gasteiger charge is 1.95. The van der Waals surface area contributed by atoms with Gasteiger partial charge in [0.1, 0.15) is 0 Å². The van der Waals surface area contributed by atoms with E-state index < -0.39 is 6.32 Å². The van der Waals surface area contributed by atoms with Gasteiger partial charge < -0.3 is 5.64 Å². The fourth-order valence-corrected chi connectivity index (χ4v) is 0. The lowest BCUT2D eigenvalue weighted by atomic mass is 10.0. The van der Waals surface area contributed by atoms with Gasteiger partial charge in [-0.05, 0) is 0 Å². The van der Waals surface area contributed by atoms with Crippen LogP contribution < -0.4 is 5.64 Å². The highest BCUT2D eigenvalue weighted by molar-refractivity contribution is 6.31. The summed E-state index contributed by atoms with van der Waals surface area (Å²) in [7, 11) is 0.333. The van der Waals surface area contributed by atoms with Gasteiger partial charge in [0.05, 0.1) is 0 Å². The van der Waals surface area contributed by atoms with Crippen molar-refractivity contribution < 1.29 is 8.78 Å². The molecule has 0 spiro atoms. The Morgan fingerprint density at radius 2 is 1.80 bits per heavy atom. The van der Waals surface area contributed by atoms with Crippen LogP contribution in [0.25, 0.3) is 0 Å². The van der Waals surface area contributed by atoms with Crippen LogP contribution >= 0.6 is 0 Å². The SMILES string of the molecule is N[B]C(F)F. The number of halogens is 2. The van der Waals surface area contributed by atoms with E-state index in [-0.39, 0.29) is 0 Å². The number of hydrogen-bond donors (Lipinski definition) is 1. The molecule has 0 aliphatic carbocycles. The number of alkyl halides is 2. The van der Waals surface area contributed by atoms with Gasteiger partial charge in [-0.1, -0.05) is 0 Å². The minimum Gasteiger partial charge on any atom is -0.369 e. The first-order valence-corrected chi connectivity index (χ1v) is 1.10. The first-order valence-electron chi connectivity index (χ1n) is 1.10. The summed E-state index contributed by atoms with van der Waals surface area (Å²) in [5.41, 5.74) is 4.30. The van der Waals surface area contributed by atoms with Crippen molar-refractivity contribution in [2.75, 3.05) is 0 Å². The van der Waals surface area contributed by atoms with Gasteiger partial charge in [0.25, 0.3) is 7.41 Å². The van der Waals surface area contributed by atoms with E-state index in [1.54, 1.807) is 0 Å². The second-order valence-electron chi connectivity index (χ2n) is 0.527. The fraction of sp³-hybridized carbons (Fsp3) is 1.00. The molecule has 0 aliphatic rings. The van der Waals surface area contributed by atoms with Crippen LogP contribution in [0, 0.1) is 0 Å². The summed E-state index contributed by atoms with van der Waals surface area (Å²) in [5.74, 6) is 0. The fourth-order valence-electron chi connectivity index (χ4n) is 0. The zero-order valence-electron chi connectivity index (χ0n) is 2.49. The van der Waals surface area contributed by atoms with E-state index in [9.17, 15) is 8.78 Å². The summed E-state index contributed by atoms with van der Waals surface area (Å²) >= 11 is 0. The third-order valence-electron chi connectivity index (χ3n) is 0.145.